The third-order valence-corrected chi connectivity index (χ3v) is 1.80. The zero-order valence-corrected chi connectivity index (χ0v) is 7.98. The summed E-state index contributed by atoms with van der Waals surface area (Å²) in [5.74, 6) is 0. The molecule has 0 amide bonds. The lowest BCUT2D eigenvalue weighted by Gasteiger charge is -2.00. The normalized spacial score (nSPS) is 11.1. The molecule has 0 unspecified atom stereocenters. The molecule has 0 aliphatic rings. The summed E-state index contributed by atoms with van der Waals surface area (Å²) in [5.41, 5.74) is 7.94. The maximum absolute atomic E-state index is 5.57. The minimum atomic E-state index is 0.757. The molecule has 1 aromatic carbocycles. The molecule has 14 heavy (non-hydrogen) atoms. The Kier molecular flexibility index (Phi) is 3.80. The van der Waals surface area contributed by atoms with E-state index in [2.05, 4.69) is 6.58 Å². The molecular formula is C12H12BN. The molecule has 0 fully saturated rings. The first-order chi connectivity index (χ1) is 6.74. The molecule has 2 heteroatoms. The lowest BCUT2D eigenvalue weighted by atomic mass is 9.94. The van der Waals surface area contributed by atoms with Gasteiger partial charge in [0.15, 0.2) is 0 Å². The molecule has 2 radical (unpaired) electrons. The number of rotatable bonds is 3. The van der Waals surface area contributed by atoms with E-state index in [1.165, 1.54) is 6.20 Å². The fourth-order valence-electron chi connectivity index (χ4n) is 1.03. The Morgan fingerprint density at radius 1 is 1.21 bits per heavy atom. The minimum absolute atomic E-state index is 0.757. The summed E-state index contributed by atoms with van der Waals surface area (Å²) < 4.78 is 0. The van der Waals surface area contributed by atoms with E-state index in [1.807, 2.05) is 36.4 Å². The molecule has 1 aromatic rings. The Balaban J connectivity index is 2.75. The fraction of sp³-hybridized carbons (Fsp3) is 0. The second-order valence-electron chi connectivity index (χ2n) is 2.89. The average Bonchev–Trinajstić information content (AvgIpc) is 2.19. The van der Waals surface area contributed by atoms with Gasteiger partial charge in [-0.1, -0.05) is 48.5 Å². The largest absolute Gasteiger partial charge is 0.405 e. The van der Waals surface area contributed by atoms with E-state index in [1.54, 1.807) is 6.08 Å². The van der Waals surface area contributed by atoms with Gasteiger partial charge < -0.3 is 5.73 Å². The average molecular weight is 181 g/mol. The molecule has 0 spiro atoms. The van der Waals surface area contributed by atoms with Gasteiger partial charge in [-0.3, -0.25) is 0 Å². The van der Waals surface area contributed by atoms with Crippen LogP contribution in [0, 0.1) is 0 Å². The first-order valence-corrected chi connectivity index (χ1v) is 4.34. The molecule has 0 saturated heterocycles. The molecule has 0 aliphatic heterocycles. The Labute approximate surface area is 86.0 Å². The summed E-state index contributed by atoms with van der Waals surface area (Å²) >= 11 is 0. The van der Waals surface area contributed by atoms with Crippen LogP contribution < -0.4 is 11.2 Å². The van der Waals surface area contributed by atoms with Crippen LogP contribution in [0.5, 0.6) is 0 Å². The van der Waals surface area contributed by atoms with E-state index < -0.39 is 0 Å². The van der Waals surface area contributed by atoms with Gasteiger partial charge >= 0.3 is 0 Å². The molecule has 2 N–H and O–H groups in total. The van der Waals surface area contributed by atoms with Gasteiger partial charge in [-0.15, -0.1) is 0 Å². The van der Waals surface area contributed by atoms with Gasteiger partial charge in [-0.05, 0) is 23.4 Å². The van der Waals surface area contributed by atoms with Crippen LogP contribution in [0.25, 0.3) is 5.57 Å². The van der Waals surface area contributed by atoms with Gasteiger partial charge in [0, 0.05) is 0 Å². The topological polar surface area (TPSA) is 26.0 Å². The monoisotopic (exact) mass is 181 g/mol. The van der Waals surface area contributed by atoms with Crippen LogP contribution in [-0.4, -0.2) is 7.85 Å². The van der Waals surface area contributed by atoms with Crippen molar-refractivity contribution in [3.8, 4) is 0 Å². The number of nitrogens with two attached hydrogens (primary N) is 1. The van der Waals surface area contributed by atoms with Crippen LogP contribution in [0.2, 0.25) is 0 Å². The van der Waals surface area contributed by atoms with Crippen LogP contribution in [0.15, 0.2) is 55.3 Å². The van der Waals surface area contributed by atoms with Crippen molar-refractivity contribution in [3.63, 3.8) is 0 Å². The van der Waals surface area contributed by atoms with Crippen molar-refractivity contribution in [1.82, 2.24) is 0 Å². The molecule has 0 atom stereocenters. The van der Waals surface area contributed by atoms with Gasteiger partial charge in [-0.2, -0.15) is 0 Å². The third kappa shape index (κ3) is 2.98. The Bertz CT molecular complexity index is 360. The molecule has 68 valence electrons. The van der Waals surface area contributed by atoms with E-state index in [9.17, 15) is 0 Å². The van der Waals surface area contributed by atoms with E-state index in [4.69, 9.17) is 13.6 Å². The molecule has 0 aromatic heterocycles. The molecule has 0 heterocycles. The van der Waals surface area contributed by atoms with Crippen LogP contribution in [-0.2, 0) is 0 Å². The predicted octanol–water partition coefficient (Wildman–Crippen LogP) is 1.52. The van der Waals surface area contributed by atoms with Crippen molar-refractivity contribution >= 4 is 18.9 Å². The Hall–Kier alpha value is -1.70. The lowest BCUT2D eigenvalue weighted by molar-refractivity contribution is 1.60. The van der Waals surface area contributed by atoms with E-state index in [0.717, 1.165) is 16.6 Å². The minimum Gasteiger partial charge on any atom is -0.405 e. The molecule has 1 rings (SSSR count). The van der Waals surface area contributed by atoms with Crippen LogP contribution in [0.3, 0.4) is 0 Å². The van der Waals surface area contributed by atoms with Crippen molar-refractivity contribution in [2.24, 2.45) is 5.73 Å². The summed E-state index contributed by atoms with van der Waals surface area (Å²) in [4.78, 5) is 0. The van der Waals surface area contributed by atoms with E-state index in [0.29, 0.717) is 0 Å². The molecule has 0 aliphatic carbocycles. The standard InChI is InChI=1S/C12H12BN/c1-10(4-2-3-9-14)11-5-7-12(13)8-6-11/h2-9H,1,14H2/b4-2-,9-3-. The SMILES string of the molecule is [B]c1ccc(C(=C)/C=C\C=C/N)cc1. The van der Waals surface area contributed by atoms with Crippen LogP contribution in [0.1, 0.15) is 5.56 Å². The van der Waals surface area contributed by atoms with E-state index >= 15 is 0 Å². The summed E-state index contributed by atoms with van der Waals surface area (Å²) in [6.07, 6.45) is 6.98. The molecule has 1 nitrogen and oxygen atoms in total. The predicted molar refractivity (Wildman–Crippen MR) is 63.3 cm³/mol. The van der Waals surface area contributed by atoms with Gasteiger partial charge in [-0.25, -0.2) is 0 Å². The second-order valence-corrected chi connectivity index (χ2v) is 2.89. The quantitative estimate of drug-likeness (QED) is 0.555. The van der Waals surface area contributed by atoms with Gasteiger partial charge in [0.25, 0.3) is 0 Å². The molecular weight excluding hydrogens is 169 g/mol. The molecule has 0 bridgehead atoms. The highest BCUT2D eigenvalue weighted by molar-refractivity contribution is 6.32. The lowest BCUT2D eigenvalue weighted by Crippen LogP contribution is -1.99. The van der Waals surface area contributed by atoms with Crippen molar-refractivity contribution < 1.29 is 0 Å². The molecule has 0 saturated carbocycles. The maximum atomic E-state index is 5.57. The number of allylic oxidation sites excluding steroid dienone is 4. The fourth-order valence-corrected chi connectivity index (χ4v) is 1.03. The summed E-state index contributed by atoms with van der Waals surface area (Å²) in [7, 11) is 5.57. The van der Waals surface area contributed by atoms with Gasteiger partial charge in [0.05, 0.1) is 0 Å². The highest BCUT2D eigenvalue weighted by atomic mass is 14.5. The number of hydrogen-bond donors (Lipinski definition) is 1. The summed E-state index contributed by atoms with van der Waals surface area (Å²) in [6, 6.07) is 7.59. The first-order valence-electron chi connectivity index (χ1n) is 4.34. The second kappa shape index (κ2) is 5.13. The van der Waals surface area contributed by atoms with Crippen LogP contribution >= 0.6 is 0 Å². The zero-order valence-electron chi connectivity index (χ0n) is 7.98. The van der Waals surface area contributed by atoms with Crippen molar-refractivity contribution in [2.75, 3.05) is 0 Å². The van der Waals surface area contributed by atoms with Gasteiger partial charge in [0.1, 0.15) is 7.85 Å². The van der Waals surface area contributed by atoms with Gasteiger partial charge in [0.2, 0.25) is 0 Å². The highest BCUT2D eigenvalue weighted by Crippen LogP contribution is 2.11. The van der Waals surface area contributed by atoms with Crippen molar-refractivity contribution in [1.29, 1.82) is 0 Å². The zero-order chi connectivity index (χ0) is 10.4. The number of benzene rings is 1. The Morgan fingerprint density at radius 3 is 2.43 bits per heavy atom. The summed E-state index contributed by atoms with van der Waals surface area (Å²) in [6.45, 7) is 3.92. The third-order valence-electron chi connectivity index (χ3n) is 1.80. The summed E-state index contributed by atoms with van der Waals surface area (Å²) in [5, 5.41) is 0. The maximum Gasteiger partial charge on any atom is 0.113 e. The van der Waals surface area contributed by atoms with Crippen LogP contribution in [0.4, 0.5) is 0 Å². The first kappa shape index (κ1) is 10.4. The smallest absolute Gasteiger partial charge is 0.113 e. The Morgan fingerprint density at radius 2 is 1.86 bits per heavy atom. The number of hydrogen-bond acceptors (Lipinski definition) is 1. The van der Waals surface area contributed by atoms with Crippen molar-refractivity contribution in [3.05, 3.63) is 60.8 Å². The highest BCUT2D eigenvalue weighted by Gasteiger charge is 1.92. The van der Waals surface area contributed by atoms with Crippen molar-refractivity contribution in [2.45, 2.75) is 0 Å². The van der Waals surface area contributed by atoms with E-state index in [-0.39, 0.29) is 0 Å².